The maximum Gasteiger partial charge on any atom is 0.303 e. The van der Waals surface area contributed by atoms with E-state index in [0.29, 0.717) is 19.3 Å². The zero-order valence-corrected chi connectivity index (χ0v) is 13.3. The molecular formula is C18H26O4. The van der Waals surface area contributed by atoms with Crippen molar-refractivity contribution < 1.29 is 19.8 Å². The molecule has 0 aromatic rings. The SMILES string of the molecule is CC[C@H](O)/C=C/C1=C(C/C=C\CCCCC(=O)O)CCC1=O. The average molecular weight is 306 g/mol. The van der Waals surface area contributed by atoms with Gasteiger partial charge in [-0.1, -0.05) is 36.8 Å². The van der Waals surface area contributed by atoms with Gasteiger partial charge in [-0.2, -0.15) is 0 Å². The van der Waals surface area contributed by atoms with Crippen molar-refractivity contribution >= 4 is 11.8 Å². The van der Waals surface area contributed by atoms with Crippen LogP contribution >= 0.6 is 0 Å². The maximum absolute atomic E-state index is 11.9. The predicted octanol–water partition coefficient (Wildman–Crippen LogP) is 3.56. The van der Waals surface area contributed by atoms with Crippen LogP contribution in [0.4, 0.5) is 0 Å². The number of hydrogen-bond acceptors (Lipinski definition) is 3. The number of aliphatic hydroxyl groups is 1. The van der Waals surface area contributed by atoms with E-state index >= 15 is 0 Å². The van der Waals surface area contributed by atoms with Gasteiger partial charge in [-0.25, -0.2) is 0 Å². The minimum absolute atomic E-state index is 0.157. The minimum atomic E-state index is -0.746. The van der Waals surface area contributed by atoms with Gasteiger partial charge in [0.15, 0.2) is 5.78 Å². The van der Waals surface area contributed by atoms with Crippen molar-refractivity contribution in [2.24, 2.45) is 0 Å². The maximum atomic E-state index is 11.9. The van der Waals surface area contributed by atoms with Crippen LogP contribution in [0.5, 0.6) is 0 Å². The number of carboxylic acids is 1. The van der Waals surface area contributed by atoms with E-state index < -0.39 is 12.1 Å². The Labute approximate surface area is 132 Å². The monoisotopic (exact) mass is 306 g/mol. The highest BCUT2D eigenvalue weighted by Crippen LogP contribution is 2.27. The predicted molar refractivity (Wildman–Crippen MR) is 86.6 cm³/mol. The van der Waals surface area contributed by atoms with Crippen molar-refractivity contribution in [1.82, 2.24) is 0 Å². The highest BCUT2D eigenvalue weighted by Gasteiger charge is 2.19. The average Bonchev–Trinajstić information content (AvgIpc) is 2.83. The van der Waals surface area contributed by atoms with Gasteiger partial charge in [0.1, 0.15) is 0 Å². The molecule has 0 saturated carbocycles. The lowest BCUT2D eigenvalue weighted by Gasteiger charge is -2.02. The molecule has 0 spiro atoms. The zero-order chi connectivity index (χ0) is 16.4. The fourth-order valence-corrected chi connectivity index (χ4v) is 2.38. The lowest BCUT2D eigenvalue weighted by molar-refractivity contribution is -0.137. The first-order valence-corrected chi connectivity index (χ1v) is 8.02. The molecule has 4 heteroatoms. The highest BCUT2D eigenvalue weighted by molar-refractivity contribution is 6.01. The Morgan fingerprint density at radius 1 is 1.27 bits per heavy atom. The molecule has 0 aromatic heterocycles. The number of carbonyl (C=O) groups is 2. The Morgan fingerprint density at radius 2 is 2.05 bits per heavy atom. The summed E-state index contributed by atoms with van der Waals surface area (Å²) in [7, 11) is 0. The summed E-state index contributed by atoms with van der Waals surface area (Å²) in [5.74, 6) is -0.589. The fraction of sp³-hybridized carbons (Fsp3) is 0.556. The summed E-state index contributed by atoms with van der Waals surface area (Å²) in [6.07, 6.45) is 12.5. The third-order valence-electron chi connectivity index (χ3n) is 3.78. The van der Waals surface area contributed by atoms with Gasteiger partial charge >= 0.3 is 5.97 Å². The van der Waals surface area contributed by atoms with Crippen molar-refractivity contribution in [3.63, 3.8) is 0 Å². The van der Waals surface area contributed by atoms with Crippen molar-refractivity contribution in [3.8, 4) is 0 Å². The van der Waals surface area contributed by atoms with E-state index in [0.717, 1.165) is 36.8 Å². The van der Waals surface area contributed by atoms with Crippen LogP contribution in [0.1, 0.15) is 58.3 Å². The second kappa shape index (κ2) is 10.1. The molecule has 0 aliphatic heterocycles. The van der Waals surface area contributed by atoms with Crippen molar-refractivity contribution in [3.05, 3.63) is 35.5 Å². The molecule has 0 fully saturated rings. The fourth-order valence-electron chi connectivity index (χ4n) is 2.38. The highest BCUT2D eigenvalue weighted by atomic mass is 16.4. The first kappa shape index (κ1) is 18.4. The van der Waals surface area contributed by atoms with E-state index in [1.165, 1.54) is 0 Å². The zero-order valence-electron chi connectivity index (χ0n) is 13.3. The molecule has 0 amide bonds. The topological polar surface area (TPSA) is 74.6 Å². The van der Waals surface area contributed by atoms with Gasteiger partial charge in [-0.3, -0.25) is 9.59 Å². The van der Waals surface area contributed by atoms with Gasteiger partial charge in [0.2, 0.25) is 0 Å². The number of carbonyl (C=O) groups excluding carboxylic acids is 1. The number of rotatable bonds is 10. The van der Waals surface area contributed by atoms with E-state index in [9.17, 15) is 14.7 Å². The Kier molecular flexibility index (Phi) is 8.44. The number of carboxylic acid groups (broad SMARTS) is 1. The molecule has 1 rings (SSSR count). The van der Waals surface area contributed by atoms with Gasteiger partial charge in [-0.05, 0) is 38.5 Å². The number of aliphatic carboxylic acids is 1. The van der Waals surface area contributed by atoms with Crippen molar-refractivity contribution in [2.75, 3.05) is 0 Å². The summed E-state index contributed by atoms with van der Waals surface area (Å²) in [6, 6.07) is 0. The molecule has 0 unspecified atom stereocenters. The smallest absolute Gasteiger partial charge is 0.303 e. The summed E-state index contributed by atoms with van der Waals surface area (Å²) in [6.45, 7) is 1.90. The molecule has 0 saturated heterocycles. The number of aliphatic hydroxyl groups excluding tert-OH is 1. The molecule has 1 aliphatic rings. The number of allylic oxidation sites excluding steroid dienone is 5. The number of Topliss-reactive ketones (excluding diaryl/α,β-unsaturated/α-hetero) is 1. The van der Waals surface area contributed by atoms with Crippen LogP contribution in [0.2, 0.25) is 0 Å². The molecule has 1 aliphatic carbocycles. The molecule has 22 heavy (non-hydrogen) atoms. The van der Waals surface area contributed by atoms with Gasteiger partial charge in [-0.15, -0.1) is 0 Å². The quantitative estimate of drug-likeness (QED) is 0.478. The van der Waals surface area contributed by atoms with Crippen LogP contribution in [0.3, 0.4) is 0 Å². The third-order valence-corrected chi connectivity index (χ3v) is 3.78. The molecule has 1 atom stereocenters. The summed E-state index contributed by atoms with van der Waals surface area (Å²) in [5, 5.41) is 18.1. The van der Waals surface area contributed by atoms with Gasteiger partial charge in [0, 0.05) is 18.4 Å². The summed E-state index contributed by atoms with van der Waals surface area (Å²) in [5.41, 5.74) is 1.88. The van der Waals surface area contributed by atoms with E-state index in [1.54, 1.807) is 12.2 Å². The summed E-state index contributed by atoms with van der Waals surface area (Å²) in [4.78, 5) is 22.2. The minimum Gasteiger partial charge on any atom is -0.481 e. The molecular weight excluding hydrogens is 280 g/mol. The molecule has 0 radical (unpaired) electrons. The van der Waals surface area contributed by atoms with Crippen LogP contribution in [-0.2, 0) is 9.59 Å². The first-order valence-electron chi connectivity index (χ1n) is 8.02. The number of unbranched alkanes of at least 4 members (excludes halogenated alkanes) is 2. The Morgan fingerprint density at radius 3 is 2.73 bits per heavy atom. The molecule has 0 bridgehead atoms. The number of ketones is 1. The van der Waals surface area contributed by atoms with Crippen LogP contribution in [0, 0.1) is 0 Å². The Balaban J connectivity index is 2.44. The molecule has 0 heterocycles. The van der Waals surface area contributed by atoms with E-state index in [-0.39, 0.29) is 12.2 Å². The third kappa shape index (κ3) is 6.85. The van der Waals surface area contributed by atoms with Gasteiger partial charge in [0.25, 0.3) is 0 Å². The van der Waals surface area contributed by atoms with Crippen LogP contribution in [0.15, 0.2) is 35.5 Å². The molecule has 4 nitrogen and oxygen atoms in total. The van der Waals surface area contributed by atoms with Gasteiger partial charge in [0.05, 0.1) is 6.10 Å². The van der Waals surface area contributed by atoms with Crippen LogP contribution < -0.4 is 0 Å². The summed E-state index contributed by atoms with van der Waals surface area (Å²) >= 11 is 0. The second-order valence-corrected chi connectivity index (χ2v) is 5.59. The van der Waals surface area contributed by atoms with Crippen LogP contribution in [0.25, 0.3) is 0 Å². The summed E-state index contributed by atoms with van der Waals surface area (Å²) < 4.78 is 0. The first-order chi connectivity index (χ1) is 10.5. The lowest BCUT2D eigenvalue weighted by atomic mass is 10.1. The van der Waals surface area contributed by atoms with Gasteiger partial charge < -0.3 is 10.2 Å². The Hall–Kier alpha value is -1.68. The van der Waals surface area contributed by atoms with Crippen molar-refractivity contribution in [1.29, 1.82) is 0 Å². The Bertz CT molecular complexity index is 471. The molecule has 2 N–H and O–H groups in total. The molecule has 0 aromatic carbocycles. The van der Waals surface area contributed by atoms with E-state index in [4.69, 9.17) is 5.11 Å². The van der Waals surface area contributed by atoms with Crippen LogP contribution in [-0.4, -0.2) is 28.1 Å². The van der Waals surface area contributed by atoms with E-state index in [2.05, 4.69) is 12.2 Å². The van der Waals surface area contributed by atoms with E-state index in [1.807, 2.05) is 6.92 Å². The second-order valence-electron chi connectivity index (χ2n) is 5.59. The largest absolute Gasteiger partial charge is 0.481 e. The standard InChI is InChI=1S/C18H26O4/c1-2-15(19)11-12-16-14(10-13-17(16)20)8-6-4-3-5-7-9-18(21)22/h4,6,11-12,15,19H,2-3,5,7-10,13H2,1H3,(H,21,22)/b6-4-,12-11+/t15-/m0/s1. The van der Waals surface area contributed by atoms with Crippen molar-refractivity contribution in [2.45, 2.75) is 64.4 Å². The molecule has 122 valence electrons. The normalized spacial score (nSPS) is 17.1. The number of hydrogen-bond donors (Lipinski definition) is 2. The lowest BCUT2D eigenvalue weighted by Crippen LogP contribution is -2.00.